The average molecular weight is 261 g/mol. The summed E-state index contributed by atoms with van der Waals surface area (Å²) in [7, 11) is 0. The number of urea groups is 1. The minimum absolute atomic E-state index is 0.488. The van der Waals surface area contributed by atoms with Crippen LogP contribution in [-0.4, -0.2) is 22.1 Å². The number of hydrogen-bond acceptors (Lipinski definition) is 3. The van der Waals surface area contributed by atoms with E-state index in [2.05, 4.69) is 21.8 Å². The summed E-state index contributed by atoms with van der Waals surface area (Å²) in [6.07, 6.45) is 1.91. The van der Waals surface area contributed by atoms with Crippen LogP contribution in [-0.2, 0) is 13.0 Å². The molecule has 5 N–H and O–H groups in total. The third-order valence-electron chi connectivity index (χ3n) is 2.96. The van der Waals surface area contributed by atoms with E-state index in [0.29, 0.717) is 18.8 Å². The van der Waals surface area contributed by atoms with Gasteiger partial charge >= 0.3 is 6.03 Å². The molecule has 0 saturated carbocycles. The van der Waals surface area contributed by atoms with E-state index < -0.39 is 6.03 Å². The Labute approximate surface area is 111 Å². The smallest absolute Gasteiger partial charge is 0.312 e. The van der Waals surface area contributed by atoms with Crippen LogP contribution in [0.5, 0.6) is 0 Å². The number of benzene rings is 1. The summed E-state index contributed by atoms with van der Waals surface area (Å²) in [4.78, 5) is 15.3. The van der Waals surface area contributed by atoms with Gasteiger partial charge in [-0.15, -0.1) is 0 Å². The largest absolute Gasteiger partial charge is 0.399 e. The Balaban J connectivity index is 2.31. The number of nitrogens with zero attached hydrogens (tertiary/aromatic N) is 2. The van der Waals surface area contributed by atoms with E-state index in [1.807, 2.05) is 18.2 Å². The van der Waals surface area contributed by atoms with Crippen LogP contribution in [0.3, 0.4) is 0 Å². The first kappa shape index (κ1) is 13.2. The van der Waals surface area contributed by atoms with Gasteiger partial charge in [0.25, 0.3) is 0 Å². The summed E-state index contributed by atoms with van der Waals surface area (Å²) >= 11 is 0. The number of carbonyl (C=O) groups excluding carboxylic acids is 1. The maximum absolute atomic E-state index is 10.7. The minimum Gasteiger partial charge on any atom is -0.399 e. The molecule has 0 spiro atoms. The number of nitrogens with two attached hydrogens (primary N) is 2. The second kappa shape index (κ2) is 5.60. The lowest BCUT2D eigenvalue weighted by Crippen LogP contribution is -2.32. The predicted octanol–water partition coefficient (Wildman–Crippen LogP) is 1.24. The highest BCUT2D eigenvalue weighted by Gasteiger charge is 2.10. The van der Waals surface area contributed by atoms with E-state index in [4.69, 9.17) is 11.5 Å². The maximum Gasteiger partial charge on any atom is 0.312 e. The molecule has 1 aromatic carbocycles. The molecule has 2 aromatic rings. The minimum atomic E-state index is -0.509. The number of rotatable bonds is 5. The highest BCUT2D eigenvalue weighted by molar-refractivity contribution is 5.79. The van der Waals surface area contributed by atoms with Gasteiger partial charge in [-0.1, -0.05) is 6.92 Å². The lowest BCUT2D eigenvalue weighted by Gasteiger charge is -2.09. The third-order valence-corrected chi connectivity index (χ3v) is 2.96. The Hall–Kier alpha value is -2.24. The molecule has 0 aliphatic carbocycles. The van der Waals surface area contributed by atoms with Crippen LogP contribution in [0, 0.1) is 0 Å². The SMILES string of the molecule is CCCc1nc2cc(N)ccc2n1CCNC(N)=O. The van der Waals surface area contributed by atoms with Crippen molar-refractivity contribution in [2.75, 3.05) is 12.3 Å². The summed E-state index contributed by atoms with van der Waals surface area (Å²) in [5.41, 5.74) is 13.5. The van der Waals surface area contributed by atoms with Crippen molar-refractivity contribution in [1.82, 2.24) is 14.9 Å². The lowest BCUT2D eigenvalue weighted by atomic mass is 10.3. The first-order valence-electron chi connectivity index (χ1n) is 6.39. The summed E-state index contributed by atoms with van der Waals surface area (Å²) in [5, 5.41) is 2.59. The van der Waals surface area contributed by atoms with Gasteiger partial charge in [0.15, 0.2) is 0 Å². The lowest BCUT2D eigenvalue weighted by molar-refractivity contribution is 0.248. The Morgan fingerprint density at radius 2 is 2.26 bits per heavy atom. The monoisotopic (exact) mass is 261 g/mol. The van der Waals surface area contributed by atoms with Crippen molar-refractivity contribution in [1.29, 1.82) is 0 Å². The molecule has 0 fully saturated rings. The van der Waals surface area contributed by atoms with Crippen LogP contribution in [0.1, 0.15) is 19.2 Å². The van der Waals surface area contributed by atoms with Crippen molar-refractivity contribution in [2.45, 2.75) is 26.3 Å². The zero-order valence-corrected chi connectivity index (χ0v) is 11.0. The molecule has 0 atom stereocenters. The van der Waals surface area contributed by atoms with E-state index in [-0.39, 0.29) is 0 Å². The van der Waals surface area contributed by atoms with Crippen molar-refractivity contribution in [2.24, 2.45) is 5.73 Å². The number of aryl methyl sites for hydroxylation is 1. The normalized spacial score (nSPS) is 10.8. The summed E-state index contributed by atoms with van der Waals surface area (Å²) < 4.78 is 2.11. The molecule has 102 valence electrons. The van der Waals surface area contributed by atoms with Gasteiger partial charge in [-0.3, -0.25) is 0 Å². The van der Waals surface area contributed by atoms with Crippen LogP contribution in [0.25, 0.3) is 11.0 Å². The molecule has 0 aliphatic heterocycles. The zero-order valence-electron chi connectivity index (χ0n) is 11.0. The van der Waals surface area contributed by atoms with Crippen molar-refractivity contribution in [3.05, 3.63) is 24.0 Å². The molecular formula is C13H19N5O. The topological polar surface area (TPSA) is 99.0 Å². The molecule has 0 saturated heterocycles. The van der Waals surface area contributed by atoms with Gasteiger partial charge in [0.05, 0.1) is 11.0 Å². The van der Waals surface area contributed by atoms with E-state index in [0.717, 1.165) is 29.7 Å². The fourth-order valence-corrected chi connectivity index (χ4v) is 2.15. The van der Waals surface area contributed by atoms with Crippen LogP contribution < -0.4 is 16.8 Å². The summed E-state index contributed by atoms with van der Waals surface area (Å²) in [6, 6.07) is 5.18. The van der Waals surface area contributed by atoms with Gasteiger partial charge in [0.1, 0.15) is 5.82 Å². The van der Waals surface area contributed by atoms with E-state index in [1.54, 1.807) is 0 Å². The molecule has 2 amide bonds. The fourth-order valence-electron chi connectivity index (χ4n) is 2.15. The fraction of sp³-hybridized carbons (Fsp3) is 0.385. The quantitative estimate of drug-likeness (QED) is 0.706. The first-order valence-corrected chi connectivity index (χ1v) is 6.39. The third kappa shape index (κ3) is 2.96. The molecule has 1 aromatic heterocycles. The molecular weight excluding hydrogens is 242 g/mol. The second-order valence-electron chi connectivity index (χ2n) is 4.47. The van der Waals surface area contributed by atoms with Crippen LogP contribution in [0.4, 0.5) is 10.5 Å². The molecule has 6 nitrogen and oxygen atoms in total. The van der Waals surface area contributed by atoms with Gasteiger partial charge in [0.2, 0.25) is 0 Å². The number of primary amides is 1. The predicted molar refractivity (Wildman–Crippen MR) is 75.7 cm³/mol. The highest BCUT2D eigenvalue weighted by atomic mass is 16.2. The number of aromatic nitrogens is 2. The zero-order chi connectivity index (χ0) is 13.8. The highest BCUT2D eigenvalue weighted by Crippen LogP contribution is 2.19. The Morgan fingerprint density at radius 3 is 2.95 bits per heavy atom. The number of fused-ring (bicyclic) bond motifs is 1. The van der Waals surface area contributed by atoms with Gasteiger partial charge in [0, 0.05) is 25.2 Å². The van der Waals surface area contributed by atoms with E-state index >= 15 is 0 Å². The van der Waals surface area contributed by atoms with Crippen molar-refractivity contribution < 1.29 is 4.79 Å². The van der Waals surface area contributed by atoms with Crippen molar-refractivity contribution >= 4 is 22.8 Å². The number of carbonyl (C=O) groups is 1. The summed E-state index contributed by atoms with van der Waals surface area (Å²) in [6.45, 7) is 3.25. The van der Waals surface area contributed by atoms with Gasteiger partial charge in [-0.25, -0.2) is 9.78 Å². The van der Waals surface area contributed by atoms with Gasteiger partial charge in [-0.05, 0) is 24.6 Å². The molecule has 19 heavy (non-hydrogen) atoms. The summed E-state index contributed by atoms with van der Waals surface area (Å²) in [5.74, 6) is 1.01. The number of imidazole rings is 1. The number of hydrogen-bond donors (Lipinski definition) is 3. The van der Waals surface area contributed by atoms with Crippen LogP contribution in [0.2, 0.25) is 0 Å². The van der Waals surface area contributed by atoms with Crippen LogP contribution >= 0.6 is 0 Å². The number of amides is 2. The molecule has 0 unspecified atom stereocenters. The van der Waals surface area contributed by atoms with Gasteiger partial charge in [-0.2, -0.15) is 0 Å². The molecule has 1 heterocycles. The van der Waals surface area contributed by atoms with E-state index in [9.17, 15) is 4.79 Å². The Morgan fingerprint density at radius 1 is 1.47 bits per heavy atom. The molecule has 2 rings (SSSR count). The van der Waals surface area contributed by atoms with Crippen molar-refractivity contribution in [3.8, 4) is 0 Å². The Kier molecular flexibility index (Phi) is 3.89. The number of nitrogen functional groups attached to an aromatic ring is 1. The Bertz CT molecular complexity index is 590. The number of anilines is 1. The molecule has 0 aliphatic rings. The number of nitrogens with one attached hydrogen (secondary N) is 1. The second-order valence-corrected chi connectivity index (χ2v) is 4.47. The van der Waals surface area contributed by atoms with E-state index in [1.165, 1.54) is 0 Å². The molecule has 6 heteroatoms. The average Bonchev–Trinajstić information content (AvgIpc) is 2.66. The standard InChI is InChI=1S/C13H19N5O/c1-2-3-12-17-10-8-9(14)4-5-11(10)18(12)7-6-16-13(15)19/h4-5,8H,2-3,6-7,14H2,1H3,(H3,15,16,19). The maximum atomic E-state index is 10.7. The first-order chi connectivity index (χ1) is 9.11. The van der Waals surface area contributed by atoms with Crippen molar-refractivity contribution in [3.63, 3.8) is 0 Å². The molecule has 0 bridgehead atoms. The van der Waals surface area contributed by atoms with Gasteiger partial charge < -0.3 is 21.4 Å². The molecule has 0 radical (unpaired) electrons. The van der Waals surface area contributed by atoms with Crippen LogP contribution in [0.15, 0.2) is 18.2 Å².